The zero-order chi connectivity index (χ0) is 15.8. The molecule has 0 aliphatic rings. The van der Waals surface area contributed by atoms with Crippen molar-refractivity contribution in [2.45, 2.75) is 32.9 Å². The van der Waals surface area contributed by atoms with Gasteiger partial charge in [0, 0.05) is 31.4 Å². The predicted octanol–water partition coefficient (Wildman–Crippen LogP) is 3.85. The lowest BCUT2D eigenvalue weighted by atomic mass is 10.2. The molecule has 2 aromatic rings. The Morgan fingerprint density at radius 3 is 2.68 bits per heavy atom. The van der Waals surface area contributed by atoms with E-state index in [1.807, 2.05) is 36.1 Å². The Labute approximate surface area is 132 Å². The van der Waals surface area contributed by atoms with E-state index in [2.05, 4.69) is 35.5 Å². The summed E-state index contributed by atoms with van der Waals surface area (Å²) in [5, 5.41) is 0. The minimum absolute atomic E-state index is 0.190. The Kier molecular flexibility index (Phi) is 6.01. The third-order valence-electron chi connectivity index (χ3n) is 3.64. The van der Waals surface area contributed by atoms with E-state index in [0.29, 0.717) is 19.5 Å². The molecule has 3 heteroatoms. The first kappa shape index (κ1) is 16.1. The van der Waals surface area contributed by atoms with E-state index in [4.69, 9.17) is 0 Å². The van der Waals surface area contributed by atoms with Gasteiger partial charge in [0.25, 0.3) is 0 Å². The van der Waals surface area contributed by atoms with Crippen LogP contribution in [0, 0.1) is 0 Å². The summed E-state index contributed by atoms with van der Waals surface area (Å²) in [6, 6.07) is 14.5. The maximum atomic E-state index is 12.2. The smallest absolute Gasteiger partial charge is 0.223 e. The quantitative estimate of drug-likeness (QED) is 0.679. The van der Waals surface area contributed by atoms with Crippen molar-refractivity contribution in [2.75, 3.05) is 6.54 Å². The largest absolute Gasteiger partial charge is 0.345 e. The Morgan fingerprint density at radius 2 is 2.00 bits per heavy atom. The first-order valence-electron chi connectivity index (χ1n) is 7.81. The lowest BCUT2D eigenvalue weighted by Gasteiger charge is -2.22. The maximum absolute atomic E-state index is 12.2. The molecule has 0 N–H and O–H groups in total. The molecule has 3 nitrogen and oxygen atoms in total. The summed E-state index contributed by atoms with van der Waals surface area (Å²) < 4.78 is 2.20. The van der Waals surface area contributed by atoms with Crippen LogP contribution in [0.25, 0.3) is 0 Å². The summed E-state index contributed by atoms with van der Waals surface area (Å²) in [5.74, 6) is 0.190. The molecule has 1 aromatic heterocycles. The molecule has 116 valence electrons. The van der Waals surface area contributed by atoms with Crippen molar-refractivity contribution < 1.29 is 4.79 Å². The van der Waals surface area contributed by atoms with Gasteiger partial charge in [-0.3, -0.25) is 4.79 Å². The predicted molar refractivity (Wildman–Crippen MR) is 90.5 cm³/mol. The average Bonchev–Trinajstić information content (AvgIpc) is 2.95. The molecular weight excluding hydrogens is 272 g/mol. The van der Waals surface area contributed by atoms with Crippen LogP contribution in [0.2, 0.25) is 0 Å². The second-order valence-electron chi connectivity index (χ2n) is 5.43. The number of rotatable bonds is 8. The summed E-state index contributed by atoms with van der Waals surface area (Å²) >= 11 is 0. The van der Waals surface area contributed by atoms with E-state index >= 15 is 0 Å². The number of carbonyl (C=O) groups is 1. The number of carbonyl (C=O) groups excluding carboxylic acids is 1. The van der Waals surface area contributed by atoms with Gasteiger partial charge >= 0.3 is 0 Å². The molecule has 0 spiro atoms. The van der Waals surface area contributed by atoms with Crippen molar-refractivity contribution in [3.8, 4) is 0 Å². The van der Waals surface area contributed by atoms with Gasteiger partial charge < -0.3 is 9.47 Å². The summed E-state index contributed by atoms with van der Waals surface area (Å²) in [4.78, 5) is 14.1. The highest BCUT2D eigenvalue weighted by atomic mass is 16.2. The van der Waals surface area contributed by atoms with Gasteiger partial charge in [-0.05, 0) is 24.1 Å². The fourth-order valence-corrected chi connectivity index (χ4v) is 2.51. The highest BCUT2D eigenvalue weighted by Gasteiger charge is 2.13. The number of amides is 1. The number of hydrogen-bond acceptors (Lipinski definition) is 1. The fraction of sp³-hybridized carbons (Fsp3) is 0.316. The van der Waals surface area contributed by atoms with E-state index in [-0.39, 0.29) is 5.91 Å². The van der Waals surface area contributed by atoms with Crippen LogP contribution in [0.15, 0.2) is 61.3 Å². The van der Waals surface area contributed by atoms with E-state index in [1.165, 1.54) is 5.56 Å². The summed E-state index contributed by atoms with van der Waals surface area (Å²) in [7, 11) is 0. The molecule has 22 heavy (non-hydrogen) atoms. The molecule has 0 aliphatic heterocycles. The van der Waals surface area contributed by atoms with E-state index < -0.39 is 0 Å². The van der Waals surface area contributed by atoms with Gasteiger partial charge in [-0.15, -0.1) is 6.58 Å². The number of hydrogen-bond donors (Lipinski definition) is 0. The highest BCUT2D eigenvalue weighted by molar-refractivity contribution is 5.76. The molecule has 1 amide bonds. The lowest BCUT2D eigenvalue weighted by molar-refractivity contribution is -0.131. The summed E-state index contributed by atoms with van der Waals surface area (Å²) in [5.41, 5.74) is 2.41. The van der Waals surface area contributed by atoms with Gasteiger partial charge in [0.05, 0.1) is 6.54 Å². The molecule has 0 aliphatic carbocycles. The summed E-state index contributed by atoms with van der Waals surface area (Å²) in [6.07, 6.45) is 5.32. The zero-order valence-corrected chi connectivity index (χ0v) is 13.2. The van der Waals surface area contributed by atoms with Crippen molar-refractivity contribution in [2.24, 2.45) is 0 Å². The van der Waals surface area contributed by atoms with Crippen LogP contribution in [-0.4, -0.2) is 21.9 Å². The molecule has 0 bridgehead atoms. The van der Waals surface area contributed by atoms with Crippen molar-refractivity contribution in [3.05, 3.63) is 72.6 Å². The third-order valence-corrected chi connectivity index (χ3v) is 3.64. The molecule has 0 radical (unpaired) electrons. The monoisotopic (exact) mass is 296 g/mol. The fourth-order valence-electron chi connectivity index (χ4n) is 2.51. The first-order valence-corrected chi connectivity index (χ1v) is 7.81. The Morgan fingerprint density at radius 1 is 1.23 bits per heavy atom. The van der Waals surface area contributed by atoms with Gasteiger partial charge in [0.15, 0.2) is 0 Å². The molecular formula is C19H24N2O. The van der Waals surface area contributed by atoms with Gasteiger partial charge in [-0.25, -0.2) is 0 Å². The molecule has 0 atom stereocenters. The van der Waals surface area contributed by atoms with Crippen molar-refractivity contribution in [3.63, 3.8) is 0 Å². The number of benzene rings is 1. The van der Waals surface area contributed by atoms with Crippen LogP contribution in [-0.2, 0) is 17.9 Å². The number of nitrogens with zero attached hydrogens (tertiary/aromatic N) is 2. The molecule has 1 heterocycles. The number of aromatic nitrogens is 1. The van der Waals surface area contributed by atoms with Crippen LogP contribution in [0.4, 0.5) is 0 Å². The Hall–Kier alpha value is -2.29. The van der Waals surface area contributed by atoms with Crippen LogP contribution in [0.5, 0.6) is 0 Å². The molecule has 1 aromatic carbocycles. The first-order chi connectivity index (χ1) is 10.7. The average molecular weight is 296 g/mol. The van der Waals surface area contributed by atoms with E-state index in [9.17, 15) is 4.79 Å². The van der Waals surface area contributed by atoms with E-state index in [1.54, 1.807) is 6.08 Å². The molecule has 2 rings (SSSR count). The molecule has 0 saturated heterocycles. The normalized spacial score (nSPS) is 10.4. The SMILES string of the molecule is C=CCN(Cc1cccn1Cc1ccccc1)C(=O)CCC. The van der Waals surface area contributed by atoms with Crippen molar-refractivity contribution in [1.29, 1.82) is 0 Å². The second-order valence-corrected chi connectivity index (χ2v) is 5.43. The standard InChI is InChI=1S/C19H24N2O/c1-3-9-19(22)21(13-4-2)16-18-12-8-14-20(18)15-17-10-6-5-7-11-17/h4-8,10-12,14H,2-3,9,13,15-16H2,1H3. The second kappa shape index (κ2) is 8.23. The minimum atomic E-state index is 0.190. The zero-order valence-electron chi connectivity index (χ0n) is 13.2. The minimum Gasteiger partial charge on any atom is -0.345 e. The molecule has 0 unspecified atom stereocenters. The Bertz CT molecular complexity index is 601. The maximum Gasteiger partial charge on any atom is 0.223 e. The summed E-state index contributed by atoms with van der Waals surface area (Å²) in [6.45, 7) is 7.84. The topological polar surface area (TPSA) is 25.2 Å². The highest BCUT2D eigenvalue weighted by Crippen LogP contribution is 2.12. The van der Waals surface area contributed by atoms with Gasteiger partial charge in [-0.2, -0.15) is 0 Å². The van der Waals surface area contributed by atoms with Crippen LogP contribution < -0.4 is 0 Å². The van der Waals surface area contributed by atoms with E-state index in [0.717, 1.165) is 18.7 Å². The van der Waals surface area contributed by atoms with Crippen LogP contribution in [0.3, 0.4) is 0 Å². The molecule has 0 fully saturated rings. The molecule has 0 saturated carbocycles. The van der Waals surface area contributed by atoms with Crippen LogP contribution in [0.1, 0.15) is 31.0 Å². The lowest BCUT2D eigenvalue weighted by Crippen LogP contribution is -2.31. The Balaban J connectivity index is 2.10. The van der Waals surface area contributed by atoms with Gasteiger partial charge in [0.2, 0.25) is 5.91 Å². The van der Waals surface area contributed by atoms with Gasteiger partial charge in [-0.1, -0.05) is 43.3 Å². The van der Waals surface area contributed by atoms with Crippen molar-refractivity contribution in [1.82, 2.24) is 9.47 Å². The van der Waals surface area contributed by atoms with Crippen LogP contribution >= 0.6 is 0 Å². The van der Waals surface area contributed by atoms with Crippen molar-refractivity contribution >= 4 is 5.91 Å². The third kappa shape index (κ3) is 4.35. The van der Waals surface area contributed by atoms with Gasteiger partial charge in [0.1, 0.15) is 0 Å².